The molecule has 1 aromatic heterocycles. The molecule has 1 N–H and O–H groups in total. The molecule has 148 valence electrons. The lowest BCUT2D eigenvalue weighted by Crippen LogP contribution is -2.30. The Bertz CT molecular complexity index is 886. The van der Waals surface area contributed by atoms with E-state index >= 15 is 0 Å². The third kappa shape index (κ3) is 4.66. The second-order valence-corrected chi connectivity index (χ2v) is 6.84. The number of benzene rings is 1. The highest BCUT2D eigenvalue weighted by molar-refractivity contribution is 6.69. The van der Waals surface area contributed by atoms with Gasteiger partial charge in [0, 0.05) is 18.8 Å². The molecule has 2 heterocycles. The van der Waals surface area contributed by atoms with Gasteiger partial charge in [-0.15, -0.1) is 0 Å². The van der Waals surface area contributed by atoms with Crippen LogP contribution in [-0.4, -0.2) is 48.4 Å². The zero-order valence-corrected chi connectivity index (χ0v) is 16.5. The van der Waals surface area contributed by atoms with Gasteiger partial charge < -0.3 is 10.1 Å². The van der Waals surface area contributed by atoms with E-state index in [-0.39, 0.29) is 11.0 Å². The summed E-state index contributed by atoms with van der Waals surface area (Å²) in [6.07, 6.45) is 5.31. The Morgan fingerprint density at radius 1 is 1.39 bits per heavy atom. The van der Waals surface area contributed by atoms with Crippen molar-refractivity contribution in [3.05, 3.63) is 53.8 Å². The molecule has 0 radical (unpaired) electrons. The predicted molar refractivity (Wildman–Crippen MR) is 111 cm³/mol. The van der Waals surface area contributed by atoms with Gasteiger partial charge in [0.1, 0.15) is 17.2 Å². The third-order valence-electron chi connectivity index (χ3n) is 4.63. The number of nitrogens with zero attached hydrogens (tertiary/aromatic N) is 4. The van der Waals surface area contributed by atoms with Crippen molar-refractivity contribution < 1.29 is 9.13 Å². The number of hydrogen-bond donors (Lipinski definition) is 1. The van der Waals surface area contributed by atoms with Gasteiger partial charge in [0.2, 0.25) is 0 Å². The predicted octanol–water partition coefficient (Wildman–Crippen LogP) is 3.66. The average Bonchev–Trinajstić information content (AvgIpc) is 3.21. The summed E-state index contributed by atoms with van der Waals surface area (Å²) >= 11 is 6.30. The Hall–Kier alpha value is -2.51. The molecule has 0 aliphatic carbocycles. The fourth-order valence-corrected chi connectivity index (χ4v) is 3.23. The highest BCUT2D eigenvalue weighted by Crippen LogP contribution is 2.26. The Labute approximate surface area is 168 Å². The zero-order chi connectivity index (χ0) is 19.9. The van der Waals surface area contributed by atoms with Crippen molar-refractivity contribution in [3.8, 4) is 5.69 Å². The summed E-state index contributed by atoms with van der Waals surface area (Å²) in [6, 6.07) is 6.40. The molecule has 0 amide bonds. The first kappa shape index (κ1) is 20.2. The molecule has 1 aliphatic rings. The summed E-state index contributed by atoms with van der Waals surface area (Å²) in [7, 11) is 1.58. The molecule has 2 aromatic rings. The number of aliphatic imine (C=N–C) groups is 2. The summed E-state index contributed by atoms with van der Waals surface area (Å²) in [5, 5.41) is 7.78. The number of ether oxygens (including phenoxy) is 1. The fourth-order valence-electron chi connectivity index (χ4n) is 3.09. The first-order chi connectivity index (χ1) is 13.6. The van der Waals surface area contributed by atoms with Crippen molar-refractivity contribution >= 4 is 29.2 Å². The van der Waals surface area contributed by atoms with Crippen LogP contribution in [0.2, 0.25) is 0 Å². The number of rotatable bonds is 7. The maximum absolute atomic E-state index is 14.1. The molecule has 1 fully saturated rings. The molecule has 1 aromatic carbocycles. The van der Waals surface area contributed by atoms with Crippen LogP contribution in [-0.2, 0) is 4.74 Å². The number of hydrogen-bond acceptors (Lipinski definition) is 5. The standard InChI is InChI=1S/C20H23ClFN5O/c1-23-18(15-11-26-27(12-15)17-6-4-3-5-16(17)22)19(20(21)24-2)28-13-14-7-9-25-10-8-14/h3-6,11-12,14,25H,1,7-10,13H2,2H3/b19-18+,24-20+. The Balaban J connectivity index is 1.91. The molecule has 6 nitrogen and oxygen atoms in total. The van der Waals surface area contributed by atoms with Crippen molar-refractivity contribution in [2.75, 3.05) is 26.7 Å². The molecule has 0 spiro atoms. The summed E-state index contributed by atoms with van der Waals surface area (Å²) < 4.78 is 21.5. The lowest BCUT2D eigenvalue weighted by atomic mass is 9.99. The minimum absolute atomic E-state index is 0.204. The monoisotopic (exact) mass is 403 g/mol. The smallest absolute Gasteiger partial charge is 0.182 e. The van der Waals surface area contributed by atoms with Gasteiger partial charge in [-0.05, 0) is 50.7 Å². The van der Waals surface area contributed by atoms with E-state index in [1.54, 1.807) is 37.6 Å². The molecule has 0 bridgehead atoms. The van der Waals surface area contributed by atoms with Crippen LogP contribution in [0.1, 0.15) is 18.4 Å². The van der Waals surface area contributed by atoms with Gasteiger partial charge in [0.15, 0.2) is 10.9 Å². The van der Waals surface area contributed by atoms with E-state index in [1.165, 1.54) is 10.7 Å². The van der Waals surface area contributed by atoms with E-state index < -0.39 is 0 Å². The Morgan fingerprint density at radius 2 is 2.14 bits per heavy atom. The highest BCUT2D eigenvalue weighted by Gasteiger charge is 2.20. The molecule has 28 heavy (non-hydrogen) atoms. The topological polar surface area (TPSA) is 63.8 Å². The first-order valence-electron chi connectivity index (χ1n) is 9.11. The third-order valence-corrected chi connectivity index (χ3v) is 4.97. The van der Waals surface area contributed by atoms with Crippen LogP contribution in [0, 0.1) is 11.7 Å². The lowest BCUT2D eigenvalue weighted by molar-refractivity contribution is 0.160. The van der Waals surface area contributed by atoms with Gasteiger partial charge in [0.25, 0.3) is 0 Å². The number of nitrogens with one attached hydrogen (secondary N) is 1. The molecule has 1 aliphatic heterocycles. The van der Waals surface area contributed by atoms with Gasteiger partial charge >= 0.3 is 0 Å². The van der Waals surface area contributed by atoms with Gasteiger partial charge in [-0.25, -0.2) is 9.07 Å². The van der Waals surface area contributed by atoms with E-state index in [9.17, 15) is 4.39 Å². The van der Waals surface area contributed by atoms with Crippen LogP contribution in [0.15, 0.2) is 52.4 Å². The number of piperidine rings is 1. The largest absolute Gasteiger partial charge is 0.488 e. The van der Waals surface area contributed by atoms with Crippen LogP contribution < -0.4 is 5.32 Å². The molecule has 8 heteroatoms. The van der Waals surface area contributed by atoms with Crippen LogP contribution in [0.5, 0.6) is 0 Å². The Morgan fingerprint density at radius 3 is 2.82 bits per heavy atom. The first-order valence-corrected chi connectivity index (χ1v) is 9.49. The molecule has 0 atom stereocenters. The van der Waals surface area contributed by atoms with Crippen LogP contribution in [0.4, 0.5) is 4.39 Å². The molecule has 0 unspecified atom stereocenters. The van der Waals surface area contributed by atoms with Crippen molar-refractivity contribution in [1.29, 1.82) is 0 Å². The number of halogens is 2. The van der Waals surface area contributed by atoms with Crippen molar-refractivity contribution in [3.63, 3.8) is 0 Å². The average molecular weight is 404 g/mol. The van der Waals surface area contributed by atoms with Gasteiger partial charge in [0.05, 0.1) is 12.8 Å². The van der Waals surface area contributed by atoms with E-state index in [0.29, 0.717) is 35.2 Å². The molecular weight excluding hydrogens is 381 g/mol. The van der Waals surface area contributed by atoms with Gasteiger partial charge in [-0.1, -0.05) is 23.7 Å². The maximum Gasteiger partial charge on any atom is 0.182 e. The molecule has 3 rings (SSSR count). The second kappa shape index (κ2) is 9.61. The second-order valence-electron chi connectivity index (χ2n) is 6.48. The van der Waals surface area contributed by atoms with E-state index in [0.717, 1.165) is 25.9 Å². The molecule has 1 saturated heterocycles. The van der Waals surface area contributed by atoms with E-state index in [2.05, 4.69) is 27.1 Å². The van der Waals surface area contributed by atoms with Crippen LogP contribution in [0.3, 0.4) is 0 Å². The zero-order valence-electron chi connectivity index (χ0n) is 15.7. The van der Waals surface area contributed by atoms with Crippen molar-refractivity contribution in [2.24, 2.45) is 15.9 Å². The van der Waals surface area contributed by atoms with Gasteiger partial charge in [-0.3, -0.25) is 9.98 Å². The number of allylic oxidation sites excluding steroid dienone is 1. The molecular formula is C20H23ClFN5O. The lowest BCUT2D eigenvalue weighted by Gasteiger charge is -2.23. The molecule has 0 saturated carbocycles. The van der Waals surface area contributed by atoms with Crippen LogP contribution >= 0.6 is 11.6 Å². The minimum atomic E-state index is -0.371. The fraction of sp³-hybridized carbons (Fsp3) is 0.350. The maximum atomic E-state index is 14.1. The van der Waals surface area contributed by atoms with Gasteiger partial charge in [-0.2, -0.15) is 5.10 Å². The summed E-state index contributed by atoms with van der Waals surface area (Å²) in [4.78, 5) is 8.14. The summed E-state index contributed by atoms with van der Waals surface area (Å²) in [5.41, 5.74) is 1.37. The summed E-state index contributed by atoms with van der Waals surface area (Å²) in [6.45, 7) is 6.12. The number of para-hydroxylation sites is 1. The van der Waals surface area contributed by atoms with E-state index in [1.807, 2.05) is 0 Å². The SMILES string of the molecule is C=N/C(=C(OCC1CCNCC1)\C(Cl)=N/C)c1cnn(-c2ccccc2F)c1. The van der Waals surface area contributed by atoms with Crippen molar-refractivity contribution in [1.82, 2.24) is 15.1 Å². The normalized spacial score (nSPS) is 16.6. The highest BCUT2D eigenvalue weighted by atomic mass is 35.5. The summed E-state index contributed by atoms with van der Waals surface area (Å²) in [5.74, 6) is 0.417. The van der Waals surface area contributed by atoms with Crippen LogP contribution in [0.25, 0.3) is 11.4 Å². The number of aromatic nitrogens is 2. The quantitative estimate of drug-likeness (QED) is 0.566. The minimum Gasteiger partial charge on any atom is -0.488 e. The van der Waals surface area contributed by atoms with E-state index in [4.69, 9.17) is 16.3 Å². The Kier molecular flexibility index (Phi) is 6.95. The van der Waals surface area contributed by atoms with Crippen molar-refractivity contribution in [2.45, 2.75) is 12.8 Å².